The standard InChI is InChI=1S/C21H21FN2O/c1-13-9-21(10-13)11-16(12-21)20(25)24-19-8-15(4-7-18(19)23)14-2-5-17(22)6-3-14/h2-8,16H,1,9-12,23H2,(H,24,25). The molecule has 2 aliphatic rings. The summed E-state index contributed by atoms with van der Waals surface area (Å²) in [6.07, 6.45) is 4.02. The summed E-state index contributed by atoms with van der Waals surface area (Å²) in [6.45, 7) is 3.99. The van der Waals surface area contributed by atoms with Gasteiger partial charge in [0.25, 0.3) is 0 Å². The van der Waals surface area contributed by atoms with Crippen molar-refractivity contribution >= 4 is 17.3 Å². The zero-order chi connectivity index (χ0) is 17.6. The van der Waals surface area contributed by atoms with Gasteiger partial charge in [0.1, 0.15) is 5.82 Å². The van der Waals surface area contributed by atoms with E-state index in [2.05, 4.69) is 11.9 Å². The Morgan fingerprint density at radius 1 is 1.12 bits per heavy atom. The molecule has 25 heavy (non-hydrogen) atoms. The molecule has 0 unspecified atom stereocenters. The molecule has 2 aliphatic carbocycles. The number of hydrogen-bond donors (Lipinski definition) is 2. The fraction of sp³-hybridized carbons (Fsp3) is 0.286. The first kappa shape index (κ1) is 15.9. The van der Waals surface area contributed by atoms with Crippen molar-refractivity contribution in [1.82, 2.24) is 0 Å². The number of allylic oxidation sites excluding steroid dienone is 1. The molecule has 0 heterocycles. The number of nitrogen functional groups attached to an aromatic ring is 1. The monoisotopic (exact) mass is 336 g/mol. The predicted octanol–water partition coefficient (Wildman–Crippen LogP) is 4.76. The average molecular weight is 336 g/mol. The van der Waals surface area contributed by atoms with Crippen LogP contribution in [0.25, 0.3) is 11.1 Å². The highest BCUT2D eigenvalue weighted by atomic mass is 19.1. The van der Waals surface area contributed by atoms with Crippen LogP contribution in [0.15, 0.2) is 54.6 Å². The van der Waals surface area contributed by atoms with Crippen LogP contribution in [0.1, 0.15) is 25.7 Å². The van der Waals surface area contributed by atoms with Crippen LogP contribution >= 0.6 is 0 Å². The summed E-state index contributed by atoms with van der Waals surface area (Å²) >= 11 is 0. The number of carbonyl (C=O) groups is 1. The molecule has 1 spiro atoms. The highest BCUT2D eigenvalue weighted by Gasteiger charge is 2.52. The molecule has 0 saturated heterocycles. The molecule has 0 radical (unpaired) electrons. The van der Waals surface area contributed by atoms with Crippen LogP contribution in [0.2, 0.25) is 0 Å². The summed E-state index contributed by atoms with van der Waals surface area (Å²) in [7, 11) is 0. The summed E-state index contributed by atoms with van der Waals surface area (Å²) in [4.78, 5) is 12.5. The number of nitrogens with two attached hydrogens (primary N) is 1. The molecule has 3 nitrogen and oxygen atoms in total. The Morgan fingerprint density at radius 2 is 1.76 bits per heavy atom. The highest BCUT2D eigenvalue weighted by Crippen LogP contribution is 2.60. The van der Waals surface area contributed by atoms with Crippen LogP contribution < -0.4 is 11.1 Å². The molecule has 4 heteroatoms. The maximum absolute atomic E-state index is 13.1. The second-order valence-corrected chi connectivity index (χ2v) is 7.51. The van der Waals surface area contributed by atoms with Crippen LogP contribution in [0, 0.1) is 17.2 Å². The zero-order valence-electron chi connectivity index (χ0n) is 14.0. The first-order chi connectivity index (χ1) is 11.9. The highest BCUT2D eigenvalue weighted by molar-refractivity contribution is 5.97. The van der Waals surface area contributed by atoms with Gasteiger partial charge in [-0.2, -0.15) is 0 Å². The van der Waals surface area contributed by atoms with E-state index < -0.39 is 0 Å². The molecule has 4 rings (SSSR count). The topological polar surface area (TPSA) is 55.1 Å². The minimum atomic E-state index is -0.273. The molecule has 0 aromatic heterocycles. The number of rotatable bonds is 3. The molecular formula is C21H21FN2O. The van der Waals surface area contributed by atoms with Crippen LogP contribution in [-0.4, -0.2) is 5.91 Å². The van der Waals surface area contributed by atoms with Crippen LogP contribution in [-0.2, 0) is 4.79 Å². The molecule has 0 bridgehead atoms. The minimum Gasteiger partial charge on any atom is -0.397 e. The number of amides is 1. The Labute approximate surface area is 146 Å². The lowest BCUT2D eigenvalue weighted by molar-refractivity contribution is -0.129. The van der Waals surface area contributed by atoms with E-state index >= 15 is 0 Å². The Kier molecular flexibility index (Phi) is 3.64. The SMILES string of the molecule is C=C1CC2(C1)CC(C(=O)Nc1cc(-c3ccc(F)cc3)ccc1N)C2. The lowest BCUT2D eigenvalue weighted by atomic mass is 9.50. The van der Waals surface area contributed by atoms with Gasteiger partial charge in [0.15, 0.2) is 0 Å². The fourth-order valence-electron chi connectivity index (χ4n) is 4.19. The molecule has 2 aromatic rings. The number of nitrogens with one attached hydrogen (secondary N) is 1. The van der Waals surface area contributed by atoms with Gasteiger partial charge in [-0.3, -0.25) is 4.79 Å². The van der Waals surface area contributed by atoms with E-state index in [1.807, 2.05) is 12.1 Å². The Hall–Kier alpha value is -2.62. The Morgan fingerprint density at radius 3 is 2.40 bits per heavy atom. The number of anilines is 2. The number of benzene rings is 2. The number of hydrogen-bond acceptors (Lipinski definition) is 2. The smallest absolute Gasteiger partial charge is 0.227 e. The van der Waals surface area contributed by atoms with Gasteiger partial charge in [0, 0.05) is 5.92 Å². The van der Waals surface area contributed by atoms with E-state index in [0.717, 1.165) is 36.8 Å². The molecule has 2 aromatic carbocycles. The Balaban J connectivity index is 1.47. The van der Waals surface area contributed by atoms with Gasteiger partial charge in [-0.25, -0.2) is 4.39 Å². The quantitative estimate of drug-likeness (QED) is 0.627. The maximum atomic E-state index is 13.1. The van der Waals surface area contributed by atoms with Crippen molar-refractivity contribution in [2.45, 2.75) is 25.7 Å². The number of halogens is 1. The van der Waals surface area contributed by atoms with Crippen molar-refractivity contribution in [2.24, 2.45) is 11.3 Å². The van der Waals surface area contributed by atoms with E-state index in [-0.39, 0.29) is 17.6 Å². The second kappa shape index (κ2) is 5.73. The first-order valence-electron chi connectivity index (χ1n) is 8.57. The lowest BCUT2D eigenvalue weighted by Gasteiger charge is -2.54. The van der Waals surface area contributed by atoms with Crippen LogP contribution in [0.5, 0.6) is 0 Å². The summed E-state index contributed by atoms with van der Waals surface area (Å²) in [5.41, 5.74) is 10.6. The van der Waals surface area contributed by atoms with Crippen molar-refractivity contribution in [1.29, 1.82) is 0 Å². The molecule has 1 amide bonds. The van der Waals surface area contributed by atoms with E-state index in [1.54, 1.807) is 18.2 Å². The van der Waals surface area contributed by atoms with E-state index in [4.69, 9.17) is 5.73 Å². The molecular weight excluding hydrogens is 315 g/mol. The predicted molar refractivity (Wildman–Crippen MR) is 98.4 cm³/mol. The summed E-state index contributed by atoms with van der Waals surface area (Å²) in [5, 5.41) is 2.97. The first-order valence-corrected chi connectivity index (χ1v) is 8.57. The normalized spacial score (nSPS) is 18.5. The summed E-state index contributed by atoms with van der Waals surface area (Å²) in [6, 6.07) is 11.8. The van der Waals surface area contributed by atoms with Crippen molar-refractivity contribution < 1.29 is 9.18 Å². The van der Waals surface area contributed by atoms with Gasteiger partial charge in [-0.05, 0) is 66.5 Å². The minimum absolute atomic E-state index is 0.0334. The van der Waals surface area contributed by atoms with Crippen LogP contribution in [0.4, 0.5) is 15.8 Å². The van der Waals surface area contributed by atoms with Crippen LogP contribution in [0.3, 0.4) is 0 Å². The summed E-state index contributed by atoms with van der Waals surface area (Å²) in [5.74, 6) is -0.182. The third-order valence-electron chi connectivity index (χ3n) is 5.47. The van der Waals surface area contributed by atoms with E-state index in [0.29, 0.717) is 16.8 Å². The van der Waals surface area contributed by atoms with Gasteiger partial charge >= 0.3 is 0 Å². The summed E-state index contributed by atoms with van der Waals surface area (Å²) < 4.78 is 13.1. The fourth-order valence-corrected chi connectivity index (χ4v) is 4.19. The second-order valence-electron chi connectivity index (χ2n) is 7.51. The van der Waals surface area contributed by atoms with Crippen molar-refractivity contribution in [3.05, 3.63) is 60.4 Å². The van der Waals surface area contributed by atoms with Crippen molar-refractivity contribution in [3.8, 4) is 11.1 Å². The lowest BCUT2D eigenvalue weighted by Crippen LogP contribution is -2.48. The van der Waals surface area contributed by atoms with Gasteiger partial charge in [0.05, 0.1) is 11.4 Å². The van der Waals surface area contributed by atoms with E-state index in [9.17, 15) is 9.18 Å². The van der Waals surface area contributed by atoms with Gasteiger partial charge < -0.3 is 11.1 Å². The van der Waals surface area contributed by atoms with Gasteiger partial charge in [-0.1, -0.05) is 30.4 Å². The van der Waals surface area contributed by atoms with Gasteiger partial charge in [-0.15, -0.1) is 0 Å². The molecule has 128 valence electrons. The third-order valence-corrected chi connectivity index (χ3v) is 5.47. The molecule has 0 atom stereocenters. The Bertz CT molecular complexity index is 841. The molecule has 3 N–H and O–H groups in total. The molecule has 2 saturated carbocycles. The largest absolute Gasteiger partial charge is 0.397 e. The van der Waals surface area contributed by atoms with E-state index in [1.165, 1.54) is 17.7 Å². The average Bonchev–Trinajstić information content (AvgIpc) is 2.52. The third kappa shape index (κ3) is 2.93. The zero-order valence-corrected chi connectivity index (χ0v) is 14.0. The maximum Gasteiger partial charge on any atom is 0.227 e. The van der Waals surface area contributed by atoms with Crippen molar-refractivity contribution in [2.75, 3.05) is 11.1 Å². The van der Waals surface area contributed by atoms with Crippen molar-refractivity contribution in [3.63, 3.8) is 0 Å². The molecule has 0 aliphatic heterocycles. The number of carbonyl (C=O) groups excluding carboxylic acids is 1. The molecule has 2 fully saturated rings. The van der Waals surface area contributed by atoms with Gasteiger partial charge in [0.2, 0.25) is 5.91 Å².